The predicted molar refractivity (Wildman–Crippen MR) is 68.1 cm³/mol. The minimum absolute atomic E-state index is 0.0744. The van der Waals surface area contributed by atoms with Gasteiger partial charge in [-0.15, -0.1) is 5.10 Å². The molecule has 1 aliphatic rings. The van der Waals surface area contributed by atoms with E-state index >= 15 is 0 Å². The van der Waals surface area contributed by atoms with Crippen molar-refractivity contribution in [3.05, 3.63) is 0 Å². The summed E-state index contributed by atoms with van der Waals surface area (Å²) >= 11 is 1.28. The fourth-order valence-electron chi connectivity index (χ4n) is 1.92. The number of aromatic nitrogens is 3. The third-order valence-corrected chi connectivity index (χ3v) is 3.41. The van der Waals surface area contributed by atoms with Gasteiger partial charge < -0.3 is 15.4 Å². The molecule has 0 saturated carbocycles. The van der Waals surface area contributed by atoms with Crippen molar-refractivity contribution in [3.63, 3.8) is 0 Å². The number of hydrogen-bond donors (Lipinski definition) is 2. The third kappa shape index (κ3) is 3.36. The van der Waals surface area contributed by atoms with Crippen molar-refractivity contribution in [1.82, 2.24) is 20.1 Å². The summed E-state index contributed by atoms with van der Waals surface area (Å²) in [5, 5.41) is 6.90. The zero-order chi connectivity index (χ0) is 13.1. The minimum Gasteiger partial charge on any atom is -0.372 e. The van der Waals surface area contributed by atoms with E-state index in [0.717, 1.165) is 0 Å². The Labute approximate surface area is 109 Å². The van der Waals surface area contributed by atoms with E-state index in [1.165, 1.54) is 11.8 Å². The van der Waals surface area contributed by atoms with Gasteiger partial charge in [0.1, 0.15) is 0 Å². The molecule has 1 saturated heterocycles. The number of nitrogens with two attached hydrogens (primary N) is 1. The van der Waals surface area contributed by atoms with Gasteiger partial charge in [0.25, 0.3) is 0 Å². The molecule has 100 valence electrons. The summed E-state index contributed by atoms with van der Waals surface area (Å²) in [6, 6.07) is 0. The summed E-state index contributed by atoms with van der Waals surface area (Å²) in [4.78, 5) is 17.8. The summed E-state index contributed by atoms with van der Waals surface area (Å²) in [6.45, 7) is 5.22. The van der Waals surface area contributed by atoms with Crippen LogP contribution in [0.25, 0.3) is 0 Å². The van der Waals surface area contributed by atoms with E-state index in [1.54, 1.807) is 0 Å². The number of amides is 1. The van der Waals surface area contributed by atoms with Gasteiger partial charge in [0.2, 0.25) is 17.0 Å². The lowest BCUT2D eigenvalue weighted by Gasteiger charge is -2.35. The Morgan fingerprint density at radius 2 is 2.22 bits per heavy atom. The molecule has 8 heteroatoms. The first-order valence-electron chi connectivity index (χ1n) is 5.78. The van der Waals surface area contributed by atoms with Crippen LogP contribution in [-0.2, 0) is 9.53 Å². The number of nitrogens with one attached hydrogen (secondary N) is 1. The predicted octanol–water partition coefficient (Wildman–Crippen LogP) is 0.115. The van der Waals surface area contributed by atoms with Gasteiger partial charge in [0.05, 0.1) is 18.0 Å². The molecular weight excluding hydrogens is 254 g/mol. The largest absolute Gasteiger partial charge is 0.372 e. The Kier molecular flexibility index (Phi) is 4.07. The van der Waals surface area contributed by atoms with Crippen LogP contribution in [0.4, 0.5) is 5.95 Å². The van der Waals surface area contributed by atoms with Crippen LogP contribution in [0.3, 0.4) is 0 Å². The molecule has 2 atom stereocenters. The molecule has 0 aliphatic carbocycles. The molecule has 1 fully saturated rings. The highest BCUT2D eigenvalue weighted by Gasteiger charge is 2.25. The van der Waals surface area contributed by atoms with Gasteiger partial charge in [-0.2, -0.15) is 4.98 Å². The Bertz CT molecular complexity index is 414. The second-order valence-corrected chi connectivity index (χ2v) is 5.29. The van der Waals surface area contributed by atoms with Crippen LogP contribution < -0.4 is 5.73 Å². The van der Waals surface area contributed by atoms with Crippen molar-refractivity contribution in [2.24, 2.45) is 0 Å². The number of hydrogen-bond acceptors (Lipinski definition) is 6. The average molecular weight is 271 g/mol. The maximum Gasteiger partial charge on any atom is 0.233 e. The second kappa shape index (κ2) is 5.57. The zero-order valence-corrected chi connectivity index (χ0v) is 11.2. The Hall–Kier alpha value is -1.28. The van der Waals surface area contributed by atoms with Gasteiger partial charge in [-0.05, 0) is 13.8 Å². The first kappa shape index (κ1) is 13.2. The quantitative estimate of drug-likeness (QED) is 0.758. The Morgan fingerprint density at radius 1 is 1.56 bits per heavy atom. The zero-order valence-electron chi connectivity index (χ0n) is 10.4. The molecule has 1 aromatic rings. The van der Waals surface area contributed by atoms with Gasteiger partial charge in [-0.25, -0.2) is 5.10 Å². The van der Waals surface area contributed by atoms with Crippen LogP contribution in [0.1, 0.15) is 13.8 Å². The molecule has 2 heterocycles. The van der Waals surface area contributed by atoms with E-state index < -0.39 is 0 Å². The fourth-order valence-corrected chi connectivity index (χ4v) is 2.63. The van der Waals surface area contributed by atoms with Gasteiger partial charge in [0.15, 0.2) is 0 Å². The van der Waals surface area contributed by atoms with Crippen molar-refractivity contribution in [1.29, 1.82) is 0 Å². The van der Waals surface area contributed by atoms with Crippen molar-refractivity contribution in [2.75, 3.05) is 24.6 Å². The number of nitrogens with zero attached hydrogens (tertiary/aromatic N) is 3. The van der Waals surface area contributed by atoms with Crippen molar-refractivity contribution in [2.45, 2.75) is 31.2 Å². The normalized spacial score (nSPS) is 24.2. The Balaban J connectivity index is 1.84. The number of ether oxygens (including phenoxy) is 1. The second-order valence-electron chi connectivity index (χ2n) is 4.35. The van der Waals surface area contributed by atoms with E-state index in [9.17, 15) is 4.79 Å². The molecular formula is C10H17N5O2S. The summed E-state index contributed by atoms with van der Waals surface area (Å²) in [6.07, 6.45) is 0.170. The number of aromatic amines is 1. The average Bonchev–Trinajstić information content (AvgIpc) is 2.70. The van der Waals surface area contributed by atoms with Crippen molar-refractivity contribution in [3.8, 4) is 0 Å². The fraction of sp³-hybridized carbons (Fsp3) is 0.700. The van der Waals surface area contributed by atoms with Crippen LogP contribution in [0.2, 0.25) is 0 Å². The number of morpholine rings is 1. The number of carbonyl (C=O) groups is 1. The van der Waals surface area contributed by atoms with Crippen LogP contribution in [-0.4, -0.2) is 57.0 Å². The molecule has 0 spiro atoms. The lowest BCUT2D eigenvalue weighted by Crippen LogP contribution is -2.48. The molecule has 1 amide bonds. The van der Waals surface area contributed by atoms with Crippen molar-refractivity contribution >= 4 is 23.6 Å². The highest BCUT2D eigenvalue weighted by Crippen LogP contribution is 2.16. The summed E-state index contributed by atoms with van der Waals surface area (Å²) in [5.41, 5.74) is 5.41. The van der Waals surface area contributed by atoms with Gasteiger partial charge >= 0.3 is 0 Å². The highest BCUT2D eigenvalue weighted by atomic mass is 32.2. The summed E-state index contributed by atoms with van der Waals surface area (Å²) < 4.78 is 5.59. The highest BCUT2D eigenvalue weighted by molar-refractivity contribution is 7.99. The summed E-state index contributed by atoms with van der Waals surface area (Å²) in [7, 11) is 0. The van der Waals surface area contributed by atoms with Crippen LogP contribution in [0, 0.1) is 0 Å². The molecule has 3 N–H and O–H groups in total. The third-order valence-electron chi connectivity index (χ3n) is 2.58. The number of carbonyl (C=O) groups excluding carboxylic acids is 1. The molecule has 7 nitrogen and oxygen atoms in total. The number of rotatable bonds is 3. The van der Waals surface area contributed by atoms with Gasteiger partial charge in [-0.3, -0.25) is 4.79 Å². The molecule has 0 radical (unpaired) electrons. The van der Waals surface area contributed by atoms with Crippen LogP contribution >= 0.6 is 11.8 Å². The molecule has 0 unspecified atom stereocenters. The number of anilines is 1. The van der Waals surface area contributed by atoms with Crippen molar-refractivity contribution < 1.29 is 9.53 Å². The molecule has 1 aromatic heterocycles. The lowest BCUT2D eigenvalue weighted by atomic mass is 10.2. The maximum absolute atomic E-state index is 12.0. The van der Waals surface area contributed by atoms with Gasteiger partial charge in [-0.1, -0.05) is 11.8 Å². The first-order valence-corrected chi connectivity index (χ1v) is 6.77. The maximum atomic E-state index is 12.0. The first-order chi connectivity index (χ1) is 8.54. The molecule has 18 heavy (non-hydrogen) atoms. The number of nitrogen functional groups attached to an aromatic ring is 1. The monoisotopic (exact) mass is 271 g/mol. The van der Waals surface area contributed by atoms with E-state index in [0.29, 0.717) is 24.0 Å². The van der Waals surface area contributed by atoms with Gasteiger partial charge in [0, 0.05) is 13.1 Å². The number of H-pyrrole nitrogens is 1. The minimum atomic E-state index is 0.0744. The van der Waals surface area contributed by atoms with Crippen LogP contribution in [0.15, 0.2) is 5.16 Å². The lowest BCUT2D eigenvalue weighted by molar-refractivity contribution is -0.140. The molecule has 1 aliphatic heterocycles. The molecule has 0 aromatic carbocycles. The molecule has 0 bridgehead atoms. The van der Waals surface area contributed by atoms with E-state index in [4.69, 9.17) is 10.5 Å². The topological polar surface area (TPSA) is 97.1 Å². The summed E-state index contributed by atoms with van der Waals surface area (Å²) in [5.74, 6) is 0.653. The van der Waals surface area contributed by atoms with Crippen LogP contribution in [0.5, 0.6) is 0 Å². The van der Waals surface area contributed by atoms with E-state index in [-0.39, 0.29) is 24.1 Å². The van der Waals surface area contributed by atoms with E-state index in [1.807, 2.05) is 18.7 Å². The molecule has 2 rings (SSSR count). The Morgan fingerprint density at radius 3 is 2.78 bits per heavy atom. The number of thioether (sulfide) groups is 1. The standard InChI is InChI=1S/C10H17N5O2S/c1-6-3-15(4-7(2)17-6)8(16)5-18-10-12-9(11)13-14-10/h6-7H,3-5H2,1-2H3,(H3,11,12,13,14)/t6-,7+. The van der Waals surface area contributed by atoms with E-state index in [2.05, 4.69) is 15.2 Å². The smallest absolute Gasteiger partial charge is 0.233 e. The SMILES string of the molecule is C[C@@H]1CN(C(=O)CSc2n[nH]c(N)n2)C[C@H](C)O1.